The fraction of sp³-hybridized carbons (Fsp3) is 0.833. The minimum atomic E-state index is -0.676. The van der Waals surface area contributed by atoms with Gasteiger partial charge in [-0.2, -0.15) is 0 Å². The second-order valence-electron chi connectivity index (χ2n) is 4.96. The van der Waals surface area contributed by atoms with Crippen LogP contribution in [-0.4, -0.2) is 23.5 Å². The predicted molar refractivity (Wildman–Crippen MR) is 60.9 cm³/mol. The van der Waals surface area contributed by atoms with Gasteiger partial charge in [0.25, 0.3) is 0 Å². The molecule has 1 saturated carbocycles. The molecule has 0 aliphatic heterocycles. The lowest BCUT2D eigenvalue weighted by molar-refractivity contribution is -0.143. The Morgan fingerprint density at radius 2 is 1.81 bits per heavy atom. The lowest BCUT2D eigenvalue weighted by Crippen LogP contribution is -2.34. The Bertz CT molecular complexity index is 255. The van der Waals surface area contributed by atoms with E-state index in [1.807, 2.05) is 13.8 Å². The number of carboxylic acids is 1. The van der Waals surface area contributed by atoms with Crippen molar-refractivity contribution in [3.8, 4) is 0 Å². The van der Waals surface area contributed by atoms with Crippen molar-refractivity contribution in [3.05, 3.63) is 0 Å². The molecule has 1 rings (SSSR count). The summed E-state index contributed by atoms with van der Waals surface area (Å²) in [5.41, 5.74) is 0. The summed E-state index contributed by atoms with van der Waals surface area (Å²) in [5.74, 6) is -0.282. The molecule has 92 valence electrons. The number of hydrogen-bond donors (Lipinski definition) is 2. The molecule has 16 heavy (non-hydrogen) atoms. The molecule has 0 heterocycles. The Morgan fingerprint density at radius 3 is 2.25 bits per heavy atom. The molecule has 0 aromatic rings. The molecule has 1 fully saturated rings. The summed E-state index contributed by atoms with van der Waals surface area (Å²) in [6.07, 6.45) is 3.32. The second kappa shape index (κ2) is 5.87. The molecular formula is C12H21NO3. The molecule has 0 atom stereocenters. The third kappa shape index (κ3) is 3.83. The van der Waals surface area contributed by atoms with Gasteiger partial charge in [-0.15, -0.1) is 0 Å². The van der Waals surface area contributed by atoms with E-state index in [4.69, 9.17) is 5.11 Å². The Labute approximate surface area is 96.4 Å². The van der Waals surface area contributed by atoms with E-state index in [2.05, 4.69) is 5.32 Å². The minimum Gasteiger partial charge on any atom is -0.481 e. The first-order valence-corrected chi connectivity index (χ1v) is 6.01. The standard InChI is InChI=1S/C12H21NO3/c1-8(2)11(14)13-7-9-3-5-10(6-4-9)12(15)16/h8-10H,3-7H2,1-2H3,(H,13,14)(H,15,16). The van der Waals surface area contributed by atoms with Crippen LogP contribution < -0.4 is 5.32 Å². The molecule has 0 radical (unpaired) electrons. The molecule has 1 aliphatic carbocycles. The third-order valence-electron chi connectivity index (χ3n) is 3.29. The van der Waals surface area contributed by atoms with Crippen molar-refractivity contribution in [2.45, 2.75) is 39.5 Å². The molecule has 2 N–H and O–H groups in total. The van der Waals surface area contributed by atoms with Gasteiger partial charge in [0.15, 0.2) is 0 Å². The van der Waals surface area contributed by atoms with Crippen LogP contribution in [0.1, 0.15) is 39.5 Å². The summed E-state index contributed by atoms with van der Waals surface area (Å²) in [6.45, 7) is 4.44. The topological polar surface area (TPSA) is 66.4 Å². The summed E-state index contributed by atoms with van der Waals surface area (Å²) in [4.78, 5) is 22.1. The van der Waals surface area contributed by atoms with Crippen LogP contribution in [0, 0.1) is 17.8 Å². The second-order valence-corrected chi connectivity index (χ2v) is 4.96. The highest BCUT2D eigenvalue weighted by molar-refractivity contribution is 5.77. The van der Waals surface area contributed by atoms with Gasteiger partial charge in [0.2, 0.25) is 5.91 Å². The van der Waals surface area contributed by atoms with Gasteiger partial charge >= 0.3 is 5.97 Å². The first-order valence-electron chi connectivity index (χ1n) is 6.01. The van der Waals surface area contributed by atoms with Crippen LogP contribution in [0.25, 0.3) is 0 Å². The number of carbonyl (C=O) groups is 2. The van der Waals surface area contributed by atoms with E-state index in [0.717, 1.165) is 25.7 Å². The van der Waals surface area contributed by atoms with Gasteiger partial charge in [-0.25, -0.2) is 0 Å². The van der Waals surface area contributed by atoms with Gasteiger partial charge < -0.3 is 10.4 Å². The molecule has 1 aliphatic rings. The number of aliphatic carboxylic acids is 1. The van der Waals surface area contributed by atoms with Crippen molar-refractivity contribution < 1.29 is 14.7 Å². The van der Waals surface area contributed by atoms with Gasteiger partial charge in [0.1, 0.15) is 0 Å². The van der Waals surface area contributed by atoms with Crippen LogP contribution in [0.2, 0.25) is 0 Å². The highest BCUT2D eigenvalue weighted by Crippen LogP contribution is 2.28. The maximum atomic E-state index is 11.4. The minimum absolute atomic E-state index is 0.0235. The predicted octanol–water partition coefficient (Wildman–Crippen LogP) is 1.65. The van der Waals surface area contributed by atoms with Crippen LogP contribution in [-0.2, 0) is 9.59 Å². The lowest BCUT2D eigenvalue weighted by atomic mass is 9.82. The van der Waals surface area contributed by atoms with Crippen molar-refractivity contribution in [3.63, 3.8) is 0 Å². The number of carboxylic acid groups (broad SMARTS) is 1. The lowest BCUT2D eigenvalue weighted by Gasteiger charge is -2.26. The molecule has 0 spiro atoms. The fourth-order valence-electron chi connectivity index (χ4n) is 2.06. The zero-order valence-corrected chi connectivity index (χ0v) is 10.0. The SMILES string of the molecule is CC(C)C(=O)NCC1CCC(C(=O)O)CC1. The van der Waals surface area contributed by atoms with Crippen LogP contribution >= 0.6 is 0 Å². The summed E-state index contributed by atoms with van der Waals surface area (Å²) in [5, 5.41) is 11.8. The zero-order chi connectivity index (χ0) is 12.1. The first kappa shape index (κ1) is 13.0. The highest BCUT2D eigenvalue weighted by Gasteiger charge is 2.26. The molecule has 0 bridgehead atoms. The first-order chi connectivity index (χ1) is 7.50. The molecule has 1 amide bonds. The largest absolute Gasteiger partial charge is 0.481 e. The van der Waals surface area contributed by atoms with E-state index in [1.54, 1.807) is 0 Å². The number of hydrogen-bond acceptors (Lipinski definition) is 2. The number of amides is 1. The van der Waals surface area contributed by atoms with Crippen LogP contribution in [0.15, 0.2) is 0 Å². The van der Waals surface area contributed by atoms with Crippen LogP contribution in [0.4, 0.5) is 0 Å². The normalized spacial score (nSPS) is 25.4. The summed E-state index contributed by atoms with van der Waals surface area (Å²) in [7, 11) is 0. The van der Waals surface area contributed by atoms with Gasteiger partial charge in [0.05, 0.1) is 5.92 Å². The Hall–Kier alpha value is -1.06. The van der Waals surface area contributed by atoms with E-state index in [0.29, 0.717) is 12.5 Å². The quantitative estimate of drug-likeness (QED) is 0.767. The fourth-order valence-corrected chi connectivity index (χ4v) is 2.06. The maximum Gasteiger partial charge on any atom is 0.306 e. The van der Waals surface area contributed by atoms with E-state index >= 15 is 0 Å². The zero-order valence-electron chi connectivity index (χ0n) is 10.0. The van der Waals surface area contributed by atoms with E-state index in [9.17, 15) is 9.59 Å². The molecule has 0 aromatic heterocycles. The van der Waals surface area contributed by atoms with E-state index in [-0.39, 0.29) is 17.7 Å². The average Bonchev–Trinajstić information content (AvgIpc) is 2.26. The molecule has 0 unspecified atom stereocenters. The molecule has 4 heteroatoms. The van der Waals surface area contributed by atoms with Crippen molar-refractivity contribution in [1.82, 2.24) is 5.32 Å². The Kier molecular flexibility index (Phi) is 4.77. The smallest absolute Gasteiger partial charge is 0.306 e. The van der Waals surface area contributed by atoms with Gasteiger partial charge in [-0.1, -0.05) is 13.8 Å². The van der Waals surface area contributed by atoms with Crippen molar-refractivity contribution in [1.29, 1.82) is 0 Å². The molecule has 4 nitrogen and oxygen atoms in total. The van der Waals surface area contributed by atoms with Crippen LogP contribution in [0.5, 0.6) is 0 Å². The monoisotopic (exact) mass is 227 g/mol. The average molecular weight is 227 g/mol. The Morgan fingerprint density at radius 1 is 1.25 bits per heavy atom. The summed E-state index contributed by atoms with van der Waals surface area (Å²) < 4.78 is 0. The van der Waals surface area contributed by atoms with Gasteiger partial charge in [-0.3, -0.25) is 9.59 Å². The Balaban J connectivity index is 2.22. The van der Waals surface area contributed by atoms with Gasteiger partial charge in [0, 0.05) is 12.5 Å². The van der Waals surface area contributed by atoms with E-state index < -0.39 is 5.97 Å². The number of carbonyl (C=O) groups excluding carboxylic acids is 1. The third-order valence-corrected chi connectivity index (χ3v) is 3.29. The van der Waals surface area contributed by atoms with Gasteiger partial charge in [-0.05, 0) is 31.6 Å². The van der Waals surface area contributed by atoms with Crippen molar-refractivity contribution in [2.24, 2.45) is 17.8 Å². The van der Waals surface area contributed by atoms with Crippen LogP contribution in [0.3, 0.4) is 0 Å². The molecular weight excluding hydrogens is 206 g/mol. The highest BCUT2D eigenvalue weighted by atomic mass is 16.4. The maximum absolute atomic E-state index is 11.4. The van der Waals surface area contributed by atoms with Crippen molar-refractivity contribution in [2.75, 3.05) is 6.54 Å². The number of nitrogens with one attached hydrogen (secondary N) is 1. The number of rotatable bonds is 4. The molecule has 0 aromatic carbocycles. The van der Waals surface area contributed by atoms with Crippen molar-refractivity contribution >= 4 is 11.9 Å². The summed E-state index contributed by atoms with van der Waals surface area (Å²) >= 11 is 0. The molecule has 0 saturated heterocycles. The summed E-state index contributed by atoms with van der Waals surface area (Å²) in [6, 6.07) is 0. The van der Waals surface area contributed by atoms with E-state index in [1.165, 1.54) is 0 Å².